The van der Waals surface area contributed by atoms with E-state index < -0.39 is 0 Å². The second-order valence-corrected chi connectivity index (χ2v) is 4.69. The number of nitrogens with two attached hydrogens (primary N) is 1. The molecule has 23 heavy (non-hydrogen) atoms. The lowest BCUT2D eigenvalue weighted by atomic mass is 10.2. The zero-order valence-electron chi connectivity index (χ0n) is 13.6. The zero-order chi connectivity index (χ0) is 18.4. The number of anilines is 1. The van der Waals surface area contributed by atoms with Crippen molar-refractivity contribution in [1.82, 2.24) is 5.32 Å². The summed E-state index contributed by atoms with van der Waals surface area (Å²) < 4.78 is 11.8. The van der Waals surface area contributed by atoms with E-state index in [0.717, 1.165) is 0 Å². The number of ether oxygens (including phenoxy) is 1. The zero-order valence-corrected chi connectivity index (χ0v) is 16.2. The topological polar surface area (TPSA) is 64.3 Å². The van der Waals surface area contributed by atoms with E-state index in [1.807, 2.05) is 22.6 Å². The van der Waals surface area contributed by atoms with Gasteiger partial charge in [0, 0.05) is 19.7 Å². The highest BCUT2D eigenvalue weighted by molar-refractivity contribution is 14.1. The molecule has 0 unspecified atom stereocenters. The van der Waals surface area contributed by atoms with Crippen LogP contribution in [0.15, 0.2) is 48.5 Å². The largest absolute Gasteiger partial charge is 0.457 e. The fraction of sp³-hybridized carbons (Fsp3) is 0.188. The van der Waals surface area contributed by atoms with Gasteiger partial charge in [0.05, 0.1) is 5.34 Å². The molecule has 1 amide bonds. The van der Waals surface area contributed by atoms with Crippen molar-refractivity contribution in [3.8, 4) is 11.5 Å². The fourth-order valence-corrected chi connectivity index (χ4v) is 1.52. The van der Waals surface area contributed by atoms with Crippen molar-refractivity contribution >= 4 is 57.4 Å². The molecule has 3 N–H and O–H groups in total. The van der Waals surface area contributed by atoms with Crippen LogP contribution in [0.2, 0.25) is 0 Å². The van der Waals surface area contributed by atoms with Gasteiger partial charge in [0.2, 0.25) is 0 Å². The van der Waals surface area contributed by atoms with Crippen LogP contribution in [0, 0.1) is 0 Å². The van der Waals surface area contributed by atoms with Crippen molar-refractivity contribution in [2.75, 3.05) is 23.0 Å². The molecule has 0 atom stereocenters. The Balaban J connectivity index is 0.000000772. The molecule has 0 aliphatic rings. The Kier molecular flexibility index (Phi) is 11.5. The molecule has 0 radical (unpaired) electrons. The monoisotopic (exact) mass is 469 g/mol. The SMILES string of the molecule is CNC(=O)c1cccc(Oc2ccc(N)cc2)c1.ClCCl.[2H]CI. The number of rotatable bonds is 3. The molecule has 0 saturated carbocycles. The molecular weight excluding hydrogens is 450 g/mol. The first-order valence-electron chi connectivity index (χ1n) is 7.05. The summed E-state index contributed by atoms with van der Waals surface area (Å²) in [5.41, 5.74) is 6.84. The molecule has 2 rings (SSSR count). The molecule has 4 nitrogen and oxygen atoms in total. The summed E-state index contributed by atoms with van der Waals surface area (Å²) >= 11 is 11.5. The smallest absolute Gasteiger partial charge is 0.251 e. The maximum Gasteiger partial charge on any atom is 0.251 e. The van der Waals surface area contributed by atoms with Gasteiger partial charge < -0.3 is 15.8 Å². The van der Waals surface area contributed by atoms with E-state index in [4.69, 9.17) is 35.0 Å². The minimum atomic E-state index is -0.141. The average molecular weight is 470 g/mol. The maximum absolute atomic E-state index is 11.5. The highest BCUT2D eigenvalue weighted by atomic mass is 127. The number of hydrogen-bond acceptors (Lipinski definition) is 3. The van der Waals surface area contributed by atoms with Crippen molar-refractivity contribution in [2.45, 2.75) is 0 Å². The molecule has 0 fully saturated rings. The van der Waals surface area contributed by atoms with Gasteiger partial charge in [-0.1, -0.05) is 28.7 Å². The molecule has 0 aliphatic heterocycles. The molecule has 0 saturated heterocycles. The Bertz CT molecular complexity index is 599. The lowest BCUT2D eigenvalue weighted by Crippen LogP contribution is -2.17. The molecule has 0 heterocycles. The molecular formula is C16H19Cl2IN2O2. The van der Waals surface area contributed by atoms with E-state index in [-0.39, 0.29) is 11.2 Å². The van der Waals surface area contributed by atoms with Crippen molar-refractivity contribution in [2.24, 2.45) is 0 Å². The van der Waals surface area contributed by atoms with Gasteiger partial charge in [0.1, 0.15) is 11.5 Å². The van der Waals surface area contributed by atoms with E-state index in [1.165, 1.54) is 0 Å². The third-order valence-electron chi connectivity index (χ3n) is 2.44. The van der Waals surface area contributed by atoms with E-state index in [0.29, 0.717) is 27.7 Å². The summed E-state index contributed by atoms with van der Waals surface area (Å²) in [7, 11) is 1.59. The third-order valence-corrected chi connectivity index (χ3v) is 2.44. The summed E-state index contributed by atoms with van der Waals surface area (Å²) in [5.74, 6) is 1.15. The number of carbonyl (C=O) groups is 1. The summed E-state index contributed by atoms with van der Waals surface area (Å²) in [4.78, 5) is 11.9. The number of benzene rings is 2. The van der Waals surface area contributed by atoms with Crippen LogP contribution >= 0.6 is 45.8 Å². The number of nitrogens with one attached hydrogen (secondary N) is 1. The van der Waals surface area contributed by atoms with E-state index >= 15 is 0 Å². The molecule has 0 aromatic heterocycles. The Labute approximate surface area is 161 Å². The van der Waals surface area contributed by atoms with Crippen LogP contribution in [0.3, 0.4) is 0 Å². The Hall–Kier alpha value is -1.18. The van der Waals surface area contributed by atoms with E-state index in [2.05, 4.69) is 5.32 Å². The van der Waals surface area contributed by atoms with Crippen LogP contribution in [-0.4, -0.2) is 23.2 Å². The standard InChI is InChI=1S/C14H14N2O2.CH2Cl2.CH3I/c1-16-14(17)10-3-2-4-13(9-10)18-12-7-5-11(15)6-8-12;2-1-3;1-2/h2-9H,15H2,1H3,(H,16,17);1H2;1H3/i;;1D. The first kappa shape index (κ1) is 19.9. The normalized spacial score (nSPS) is 9.30. The van der Waals surface area contributed by atoms with Crippen molar-refractivity contribution in [3.05, 3.63) is 54.1 Å². The Morgan fingerprint density at radius 2 is 1.83 bits per heavy atom. The van der Waals surface area contributed by atoms with Crippen LogP contribution < -0.4 is 15.8 Å². The van der Waals surface area contributed by atoms with Gasteiger partial charge in [-0.15, -0.1) is 23.2 Å². The first-order chi connectivity index (χ1) is 11.5. The molecule has 2 aromatic rings. The van der Waals surface area contributed by atoms with Gasteiger partial charge in [-0.2, -0.15) is 0 Å². The summed E-state index contributed by atoms with van der Waals surface area (Å²) in [6.45, 7) is 0. The third kappa shape index (κ3) is 8.88. The van der Waals surface area contributed by atoms with Gasteiger partial charge >= 0.3 is 0 Å². The predicted octanol–water partition coefficient (Wildman–Crippen LogP) is 4.89. The fourth-order valence-electron chi connectivity index (χ4n) is 1.52. The maximum atomic E-state index is 11.5. The predicted molar refractivity (Wildman–Crippen MR) is 107 cm³/mol. The molecule has 2 aromatic carbocycles. The lowest BCUT2D eigenvalue weighted by Gasteiger charge is -2.07. The van der Waals surface area contributed by atoms with Gasteiger partial charge in [-0.05, 0) is 47.4 Å². The highest BCUT2D eigenvalue weighted by Gasteiger charge is 2.04. The van der Waals surface area contributed by atoms with Crippen LogP contribution in [-0.2, 0) is 0 Å². The van der Waals surface area contributed by atoms with Crippen molar-refractivity contribution in [3.63, 3.8) is 0 Å². The number of nitrogen functional groups attached to an aromatic ring is 1. The minimum Gasteiger partial charge on any atom is -0.457 e. The van der Waals surface area contributed by atoms with Crippen LogP contribution in [0.5, 0.6) is 11.5 Å². The highest BCUT2D eigenvalue weighted by Crippen LogP contribution is 2.23. The van der Waals surface area contributed by atoms with Gasteiger partial charge in [0.25, 0.3) is 5.91 Å². The van der Waals surface area contributed by atoms with Crippen molar-refractivity contribution in [1.29, 1.82) is 0 Å². The Morgan fingerprint density at radius 3 is 2.35 bits per heavy atom. The van der Waals surface area contributed by atoms with Crippen LogP contribution in [0.1, 0.15) is 11.7 Å². The number of alkyl halides is 3. The molecule has 0 bridgehead atoms. The first-order valence-corrected chi connectivity index (χ1v) is 8.94. The van der Waals surface area contributed by atoms with Gasteiger partial charge in [0.15, 0.2) is 0 Å². The number of amides is 1. The molecule has 0 aliphatic carbocycles. The van der Waals surface area contributed by atoms with E-state index in [9.17, 15) is 4.79 Å². The second kappa shape index (κ2) is 13.3. The quantitative estimate of drug-likeness (QED) is 0.382. The number of carbonyl (C=O) groups excluding carboxylic acids is 1. The van der Waals surface area contributed by atoms with E-state index in [1.54, 1.807) is 55.6 Å². The second-order valence-electron chi connectivity index (χ2n) is 3.88. The summed E-state index contributed by atoms with van der Waals surface area (Å²) in [6, 6.07) is 14.1. The number of halogens is 3. The molecule has 7 heteroatoms. The summed E-state index contributed by atoms with van der Waals surface area (Å²) in [5, 5.41) is 2.76. The number of hydrogen-bond donors (Lipinski definition) is 2. The van der Waals surface area contributed by atoms with Crippen molar-refractivity contribution < 1.29 is 10.9 Å². The molecule has 126 valence electrons. The minimum absolute atomic E-state index is 0.141. The molecule has 0 spiro atoms. The average Bonchev–Trinajstić information content (AvgIpc) is 2.58. The lowest BCUT2D eigenvalue weighted by molar-refractivity contribution is 0.0963. The van der Waals surface area contributed by atoms with Gasteiger partial charge in [-0.3, -0.25) is 4.79 Å². The summed E-state index contributed by atoms with van der Waals surface area (Å²) in [6.07, 6.45) is 0. The van der Waals surface area contributed by atoms with Gasteiger partial charge in [-0.25, -0.2) is 0 Å². The Morgan fingerprint density at radius 1 is 1.26 bits per heavy atom. The van der Waals surface area contributed by atoms with Crippen LogP contribution in [0.25, 0.3) is 0 Å². The van der Waals surface area contributed by atoms with Crippen LogP contribution in [0.4, 0.5) is 5.69 Å².